The Kier molecular flexibility index (Phi) is 4.05. The molecule has 0 radical (unpaired) electrons. The van der Waals surface area contributed by atoms with Gasteiger partial charge in [-0.25, -0.2) is 22.7 Å². The fraction of sp³-hybridized carbons (Fsp3) is 0.333. The Labute approximate surface area is 117 Å². The molecule has 0 aliphatic heterocycles. The number of nitrogens with one attached hydrogen (secondary N) is 1. The van der Waals surface area contributed by atoms with E-state index < -0.39 is 10.0 Å². The van der Waals surface area contributed by atoms with Gasteiger partial charge in [0.2, 0.25) is 10.0 Å². The smallest absolute Gasteiger partial charge is 0.215 e. The van der Waals surface area contributed by atoms with Gasteiger partial charge in [-0.15, -0.1) is 0 Å². The van der Waals surface area contributed by atoms with E-state index in [1.165, 1.54) is 24.7 Å². The fourth-order valence-electron chi connectivity index (χ4n) is 1.70. The van der Waals surface area contributed by atoms with Crippen LogP contribution in [0.2, 0.25) is 0 Å². The zero-order valence-corrected chi connectivity index (χ0v) is 12.2. The largest absolute Gasteiger partial charge is 0.399 e. The van der Waals surface area contributed by atoms with Crippen LogP contribution in [-0.2, 0) is 10.0 Å². The first kappa shape index (κ1) is 14.5. The lowest BCUT2D eigenvalue weighted by molar-refractivity contribution is 0.521. The van der Waals surface area contributed by atoms with Crippen LogP contribution in [0.1, 0.15) is 0 Å². The van der Waals surface area contributed by atoms with E-state index in [1.807, 2.05) is 6.07 Å². The first-order chi connectivity index (χ1) is 9.40. The SMILES string of the molecule is CN(C)S(=O)(=O)CCNc1ncnc2cc(N)ccc12. The second-order valence-corrected chi connectivity index (χ2v) is 6.83. The number of nitrogens with zero attached hydrogens (tertiary/aromatic N) is 3. The van der Waals surface area contributed by atoms with Crippen molar-refractivity contribution >= 4 is 32.4 Å². The minimum Gasteiger partial charge on any atom is -0.399 e. The number of anilines is 2. The second kappa shape index (κ2) is 5.59. The van der Waals surface area contributed by atoms with E-state index in [0.29, 0.717) is 11.5 Å². The molecule has 0 aliphatic rings. The molecular formula is C12H17N5O2S. The number of benzene rings is 1. The molecular weight excluding hydrogens is 278 g/mol. The summed E-state index contributed by atoms with van der Waals surface area (Å²) in [4.78, 5) is 8.26. The molecule has 8 heteroatoms. The van der Waals surface area contributed by atoms with Gasteiger partial charge >= 0.3 is 0 Å². The van der Waals surface area contributed by atoms with E-state index in [0.717, 1.165) is 10.9 Å². The van der Waals surface area contributed by atoms with Crippen molar-refractivity contribution < 1.29 is 8.42 Å². The Morgan fingerprint density at radius 1 is 1.30 bits per heavy atom. The minimum atomic E-state index is -3.22. The molecule has 0 fully saturated rings. The maximum atomic E-state index is 11.7. The molecule has 1 aromatic carbocycles. The summed E-state index contributed by atoms with van der Waals surface area (Å²) in [6.45, 7) is 0.275. The van der Waals surface area contributed by atoms with E-state index in [4.69, 9.17) is 5.73 Å². The van der Waals surface area contributed by atoms with Gasteiger partial charge in [0, 0.05) is 31.7 Å². The summed E-state index contributed by atoms with van der Waals surface area (Å²) >= 11 is 0. The van der Waals surface area contributed by atoms with Crippen molar-refractivity contribution in [2.45, 2.75) is 0 Å². The lowest BCUT2D eigenvalue weighted by atomic mass is 10.2. The predicted molar refractivity (Wildman–Crippen MR) is 79.9 cm³/mol. The molecule has 0 saturated heterocycles. The highest BCUT2D eigenvalue weighted by molar-refractivity contribution is 7.89. The van der Waals surface area contributed by atoms with Gasteiger partial charge in [0.15, 0.2) is 0 Å². The Balaban J connectivity index is 2.15. The van der Waals surface area contributed by atoms with Crippen LogP contribution in [0, 0.1) is 0 Å². The van der Waals surface area contributed by atoms with E-state index in [-0.39, 0.29) is 12.3 Å². The van der Waals surface area contributed by atoms with Crippen molar-refractivity contribution in [3.8, 4) is 0 Å². The summed E-state index contributed by atoms with van der Waals surface area (Å²) < 4.78 is 24.5. The van der Waals surface area contributed by atoms with Crippen molar-refractivity contribution in [1.82, 2.24) is 14.3 Å². The van der Waals surface area contributed by atoms with Gasteiger partial charge in [0.1, 0.15) is 12.1 Å². The molecule has 0 aliphatic carbocycles. The summed E-state index contributed by atoms with van der Waals surface area (Å²) in [6, 6.07) is 5.32. The lowest BCUT2D eigenvalue weighted by Gasteiger charge is -2.12. The third-order valence-electron chi connectivity index (χ3n) is 2.87. The van der Waals surface area contributed by atoms with Crippen LogP contribution in [-0.4, -0.2) is 49.1 Å². The quantitative estimate of drug-likeness (QED) is 0.780. The standard InChI is InChI=1S/C12H17N5O2S/c1-17(2)20(18,19)6-5-14-12-10-4-3-9(13)7-11(10)15-8-16-12/h3-4,7-8H,5-6,13H2,1-2H3,(H,14,15,16). The molecule has 20 heavy (non-hydrogen) atoms. The Morgan fingerprint density at radius 2 is 2.05 bits per heavy atom. The summed E-state index contributed by atoms with van der Waals surface area (Å²) in [5, 5.41) is 3.83. The van der Waals surface area contributed by atoms with Crippen molar-refractivity contribution in [2.75, 3.05) is 37.4 Å². The highest BCUT2D eigenvalue weighted by Gasteiger charge is 2.13. The number of nitrogen functional groups attached to an aromatic ring is 1. The Hall–Kier alpha value is -1.93. The molecule has 3 N–H and O–H groups in total. The first-order valence-electron chi connectivity index (χ1n) is 6.04. The number of rotatable bonds is 5. The molecule has 2 rings (SSSR count). The Morgan fingerprint density at radius 3 is 2.75 bits per heavy atom. The number of hydrogen-bond donors (Lipinski definition) is 2. The number of fused-ring (bicyclic) bond motifs is 1. The topological polar surface area (TPSA) is 101 Å². The minimum absolute atomic E-state index is 0.000465. The van der Waals surface area contributed by atoms with E-state index in [9.17, 15) is 8.42 Å². The van der Waals surface area contributed by atoms with Crippen LogP contribution in [0.5, 0.6) is 0 Å². The first-order valence-corrected chi connectivity index (χ1v) is 7.65. The van der Waals surface area contributed by atoms with Crippen molar-refractivity contribution in [2.24, 2.45) is 0 Å². The lowest BCUT2D eigenvalue weighted by Crippen LogP contribution is -2.28. The molecule has 7 nitrogen and oxygen atoms in total. The van der Waals surface area contributed by atoms with Crippen LogP contribution in [0.25, 0.3) is 10.9 Å². The molecule has 0 saturated carbocycles. The third kappa shape index (κ3) is 3.14. The van der Waals surface area contributed by atoms with E-state index in [1.54, 1.807) is 12.1 Å². The normalized spacial score (nSPS) is 11.9. The number of sulfonamides is 1. The fourth-order valence-corrected chi connectivity index (χ4v) is 2.42. The monoisotopic (exact) mass is 295 g/mol. The zero-order chi connectivity index (χ0) is 14.8. The highest BCUT2D eigenvalue weighted by atomic mass is 32.2. The van der Waals surface area contributed by atoms with E-state index in [2.05, 4.69) is 15.3 Å². The average Bonchev–Trinajstić information content (AvgIpc) is 2.38. The summed E-state index contributed by atoms with van der Waals surface area (Å²) in [6.07, 6.45) is 1.42. The van der Waals surface area contributed by atoms with Gasteiger partial charge in [-0.3, -0.25) is 0 Å². The number of aromatic nitrogens is 2. The highest BCUT2D eigenvalue weighted by Crippen LogP contribution is 2.20. The van der Waals surface area contributed by atoms with Crippen LogP contribution in [0.15, 0.2) is 24.5 Å². The Bertz CT molecular complexity index is 715. The van der Waals surface area contributed by atoms with Crippen molar-refractivity contribution in [1.29, 1.82) is 0 Å². The van der Waals surface area contributed by atoms with Crippen LogP contribution >= 0.6 is 0 Å². The molecule has 0 atom stereocenters. The van der Waals surface area contributed by atoms with Gasteiger partial charge in [0.05, 0.1) is 11.3 Å². The van der Waals surface area contributed by atoms with Gasteiger partial charge in [-0.1, -0.05) is 0 Å². The molecule has 2 aromatic rings. The van der Waals surface area contributed by atoms with Crippen molar-refractivity contribution in [3.05, 3.63) is 24.5 Å². The molecule has 0 bridgehead atoms. The number of hydrogen-bond acceptors (Lipinski definition) is 6. The predicted octanol–water partition coefficient (Wildman–Crippen LogP) is 0.515. The van der Waals surface area contributed by atoms with Crippen LogP contribution in [0.4, 0.5) is 11.5 Å². The van der Waals surface area contributed by atoms with Gasteiger partial charge in [-0.05, 0) is 18.2 Å². The maximum Gasteiger partial charge on any atom is 0.215 e. The average molecular weight is 295 g/mol. The third-order valence-corrected chi connectivity index (χ3v) is 4.70. The van der Waals surface area contributed by atoms with Crippen LogP contribution < -0.4 is 11.1 Å². The maximum absolute atomic E-state index is 11.7. The molecule has 0 unspecified atom stereocenters. The van der Waals surface area contributed by atoms with Gasteiger partial charge in [0.25, 0.3) is 0 Å². The molecule has 1 heterocycles. The molecule has 108 valence electrons. The molecule has 0 amide bonds. The van der Waals surface area contributed by atoms with Crippen molar-refractivity contribution in [3.63, 3.8) is 0 Å². The van der Waals surface area contributed by atoms with E-state index >= 15 is 0 Å². The van der Waals surface area contributed by atoms with Gasteiger partial charge < -0.3 is 11.1 Å². The number of nitrogens with two attached hydrogens (primary N) is 1. The van der Waals surface area contributed by atoms with Gasteiger partial charge in [-0.2, -0.15) is 0 Å². The molecule has 1 aromatic heterocycles. The molecule has 0 spiro atoms. The zero-order valence-electron chi connectivity index (χ0n) is 11.4. The summed E-state index contributed by atoms with van der Waals surface area (Å²) in [5.74, 6) is 0.601. The summed E-state index contributed by atoms with van der Waals surface area (Å²) in [7, 11) is -0.197. The van der Waals surface area contributed by atoms with Crippen LogP contribution in [0.3, 0.4) is 0 Å². The second-order valence-electron chi connectivity index (χ2n) is 4.52. The summed E-state index contributed by atoms with van der Waals surface area (Å²) in [5.41, 5.74) is 7.04.